The van der Waals surface area contributed by atoms with E-state index in [1.54, 1.807) is 21.9 Å². The Kier molecular flexibility index (Phi) is 4.27. The molecule has 2 heterocycles. The molecule has 0 N–H and O–H groups in total. The standard InChI is InChI=1S/C17H22N2O3S/c1-17(2)12-18(9-10-23(17)22)16(21)13-5-3-6-14(11-13)19-8-4-7-15(19)20/h3,5-6,11H,4,7-10,12H2,1-2H3/t23-/m1/s1. The first-order chi connectivity index (χ1) is 10.9. The minimum absolute atomic E-state index is 0.0525. The van der Waals surface area contributed by atoms with Crippen molar-refractivity contribution in [2.45, 2.75) is 31.4 Å². The minimum atomic E-state index is -0.902. The number of anilines is 1. The first-order valence-corrected chi connectivity index (χ1v) is 9.28. The van der Waals surface area contributed by atoms with E-state index in [1.165, 1.54) is 0 Å². The van der Waals surface area contributed by atoms with E-state index in [2.05, 4.69) is 0 Å². The molecule has 0 spiro atoms. The smallest absolute Gasteiger partial charge is 0.254 e. The number of hydrogen-bond acceptors (Lipinski definition) is 3. The summed E-state index contributed by atoms with van der Waals surface area (Å²) in [5.74, 6) is 0.579. The predicted molar refractivity (Wildman–Crippen MR) is 91.0 cm³/mol. The van der Waals surface area contributed by atoms with Crippen molar-refractivity contribution in [2.75, 3.05) is 30.3 Å². The van der Waals surface area contributed by atoms with Crippen molar-refractivity contribution in [3.05, 3.63) is 29.8 Å². The molecule has 1 aromatic carbocycles. The van der Waals surface area contributed by atoms with Gasteiger partial charge in [0.15, 0.2) is 0 Å². The van der Waals surface area contributed by atoms with Crippen LogP contribution in [0.2, 0.25) is 0 Å². The highest BCUT2D eigenvalue weighted by Gasteiger charge is 2.35. The first-order valence-electron chi connectivity index (χ1n) is 7.97. The Hall–Kier alpha value is -1.69. The van der Waals surface area contributed by atoms with Gasteiger partial charge in [-0.3, -0.25) is 13.8 Å². The Balaban J connectivity index is 1.80. The van der Waals surface area contributed by atoms with Crippen molar-refractivity contribution >= 4 is 28.3 Å². The fraction of sp³-hybridized carbons (Fsp3) is 0.529. The van der Waals surface area contributed by atoms with Crippen LogP contribution in [-0.4, -0.2) is 51.1 Å². The molecule has 0 saturated carbocycles. The van der Waals surface area contributed by atoms with Crippen LogP contribution in [0.3, 0.4) is 0 Å². The van der Waals surface area contributed by atoms with Crippen molar-refractivity contribution in [1.82, 2.24) is 4.90 Å². The van der Waals surface area contributed by atoms with E-state index in [-0.39, 0.29) is 16.6 Å². The van der Waals surface area contributed by atoms with Crippen LogP contribution >= 0.6 is 0 Å². The molecule has 2 aliphatic heterocycles. The van der Waals surface area contributed by atoms with E-state index in [0.29, 0.717) is 37.4 Å². The van der Waals surface area contributed by atoms with E-state index in [1.807, 2.05) is 26.0 Å². The van der Waals surface area contributed by atoms with Gasteiger partial charge in [-0.25, -0.2) is 0 Å². The van der Waals surface area contributed by atoms with Crippen LogP contribution < -0.4 is 4.90 Å². The maximum Gasteiger partial charge on any atom is 0.254 e. The molecule has 2 saturated heterocycles. The van der Waals surface area contributed by atoms with E-state index < -0.39 is 10.8 Å². The summed E-state index contributed by atoms with van der Waals surface area (Å²) in [6, 6.07) is 7.27. The Morgan fingerprint density at radius 3 is 2.70 bits per heavy atom. The molecule has 0 radical (unpaired) electrons. The minimum Gasteiger partial charge on any atom is -0.336 e. The molecule has 2 fully saturated rings. The van der Waals surface area contributed by atoms with Gasteiger partial charge in [0, 0.05) is 53.9 Å². The Morgan fingerprint density at radius 1 is 1.26 bits per heavy atom. The fourth-order valence-corrected chi connectivity index (χ4v) is 4.40. The van der Waals surface area contributed by atoms with E-state index >= 15 is 0 Å². The van der Waals surface area contributed by atoms with Crippen LogP contribution in [0.15, 0.2) is 24.3 Å². The summed E-state index contributed by atoms with van der Waals surface area (Å²) in [5, 5.41) is 0. The molecule has 0 bridgehead atoms. The van der Waals surface area contributed by atoms with Gasteiger partial charge in [0.25, 0.3) is 5.91 Å². The van der Waals surface area contributed by atoms with Crippen LogP contribution in [0.4, 0.5) is 5.69 Å². The van der Waals surface area contributed by atoms with Crippen molar-refractivity contribution in [3.63, 3.8) is 0 Å². The summed E-state index contributed by atoms with van der Waals surface area (Å²) in [6.07, 6.45) is 1.44. The molecule has 0 unspecified atom stereocenters. The van der Waals surface area contributed by atoms with Gasteiger partial charge in [0.05, 0.1) is 4.75 Å². The molecule has 2 aliphatic rings. The normalized spacial score (nSPS) is 24.1. The lowest BCUT2D eigenvalue weighted by Gasteiger charge is -2.37. The van der Waals surface area contributed by atoms with Gasteiger partial charge in [-0.2, -0.15) is 0 Å². The number of nitrogens with zero attached hydrogens (tertiary/aromatic N) is 2. The summed E-state index contributed by atoms with van der Waals surface area (Å²) in [7, 11) is -0.902. The summed E-state index contributed by atoms with van der Waals surface area (Å²) in [6.45, 7) is 5.59. The van der Waals surface area contributed by atoms with E-state index in [4.69, 9.17) is 0 Å². The predicted octanol–water partition coefficient (Wildman–Crippen LogP) is 1.80. The third-order valence-electron chi connectivity index (χ3n) is 4.50. The quantitative estimate of drug-likeness (QED) is 0.829. The SMILES string of the molecule is CC1(C)CN(C(=O)c2cccc(N3CCCC3=O)c2)CC[S@]1=O. The molecule has 3 rings (SSSR count). The average Bonchev–Trinajstić information content (AvgIpc) is 2.95. The lowest BCUT2D eigenvalue weighted by atomic mass is 10.1. The Morgan fingerprint density at radius 2 is 2.04 bits per heavy atom. The highest BCUT2D eigenvalue weighted by molar-refractivity contribution is 7.86. The number of benzene rings is 1. The highest BCUT2D eigenvalue weighted by Crippen LogP contribution is 2.25. The average molecular weight is 334 g/mol. The molecule has 5 nitrogen and oxygen atoms in total. The zero-order valence-electron chi connectivity index (χ0n) is 13.6. The van der Waals surface area contributed by atoms with Gasteiger partial charge in [-0.15, -0.1) is 0 Å². The van der Waals surface area contributed by atoms with Gasteiger partial charge in [-0.05, 0) is 38.5 Å². The number of rotatable bonds is 2. The Labute approximate surface area is 139 Å². The molecule has 23 heavy (non-hydrogen) atoms. The topological polar surface area (TPSA) is 57.7 Å². The van der Waals surface area contributed by atoms with Gasteiger partial charge in [-0.1, -0.05) is 6.07 Å². The van der Waals surface area contributed by atoms with Gasteiger partial charge in [0.1, 0.15) is 0 Å². The van der Waals surface area contributed by atoms with Gasteiger partial charge >= 0.3 is 0 Å². The third-order valence-corrected chi connectivity index (χ3v) is 6.42. The van der Waals surface area contributed by atoms with Gasteiger partial charge < -0.3 is 9.80 Å². The molecular formula is C17H22N2O3S. The molecular weight excluding hydrogens is 312 g/mol. The van der Waals surface area contributed by atoms with Crippen LogP contribution in [0.5, 0.6) is 0 Å². The van der Waals surface area contributed by atoms with Crippen molar-refractivity contribution in [2.24, 2.45) is 0 Å². The highest BCUT2D eigenvalue weighted by atomic mass is 32.2. The number of carbonyl (C=O) groups excluding carboxylic acids is 2. The number of hydrogen-bond donors (Lipinski definition) is 0. The lowest BCUT2D eigenvalue weighted by molar-refractivity contribution is -0.117. The molecule has 0 aliphatic carbocycles. The van der Waals surface area contributed by atoms with Crippen molar-refractivity contribution in [1.29, 1.82) is 0 Å². The second-order valence-corrected chi connectivity index (χ2v) is 8.94. The monoisotopic (exact) mass is 334 g/mol. The zero-order chi connectivity index (χ0) is 16.6. The number of carbonyl (C=O) groups is 2. The second-order valence-electron chi connectivity index (χ2n) is 6.74. The second kappa shape index (κ2) is 6.07. The molecule has 6 heteroatoms. The largest absolute Gasteiger partial charge is 0.336 e. The summed E-state index contributed by atoms with van der Waals surface area (Å²) < 4.78 is 11.6. The molecule has 124 valence electrons. The lowest BCUT2D eigenvalue weighted by Crippen LogP contribution is -2.52. The summed E-state index contributed by atoms with van der Waals surface area (Å²) in [4.78, 5) is 28.2. The van der Waals surface area contributed by atoms with Crippen LogP contribution in [0.25, 0.3) is 0 Å². The molecule has 1 aromatic rings. The van der Waals surface area contributed by atoms with Crippen LogP contribution in [0, 0.1) is 0 Å². The van der Waals surface area contributed by atoms with Crippen LogP contribution in [0.1, 0.15) is 37.0 Å². The Bertz CT molecular complexity index is 672. The zero-order valence-corrected chi connectivity index (χ0v) is 14.4. The summed E-state index contributed by atoms with van der Waals surface area (Å²) in [5.41, 5.74) is 1.38. The van der Waals surface area contributed by atoms with Crippen molar-refractivity contribution < 1.29 is 13.8 Å². The summed E-state index contributed by atoms with van der Waals surface area (Å²) >= 11 is 0. The van der Waals surface area contributed by atoms with Crippen LogP contribution in [-0.2, 0) is 15.6 Å². The molecule has 2 amide bonds. The molecule has 0 aromatic heterocycles. The third kappa shape index (κ3) is 3.17. The van der Waals surface area contributed by atoms with Crippen molar-refractivity contribution in [3.8, 4) is 0 Å². The number of amides is 2. The maximum absolute atomic E-state index is 12.8. The van der Waals surface area contributed by atoms with Gasteiger partial charge in [0.2, 0.25) is 5.91 Å². The fourth-order valence-electron chi connectivity index (χ4n) is 3.16. The van der Waals surface area contributed by atoms with E-state index in [0.717, 1.165) is 12.1 Å². The first kappa shape index (κ1) is 16.2. The molecule has 1 atom stereocenters. The maximum atomic E-state index is 12.8. The van der Waals surface area contributed by atoms with E-state index in [9.17, 15) is 13.8 Å².